The second-order valence-corrected chi connectivity index (χ2v) is 8.32. The van der Waals surface area contributed by atoms with E-state index in [2.05, 4.69) is 34.6 Å². The second kappa shape index (κ2) is 3.05. The van der Waals surface area contributed by atoms with Crippen LogP contribution in [0.4, 0.5) is 0 Å². The zero-order chi connectivity index (χ0) is 13.7. The Bertz CT molecular complexity index is 447. The van der Waals surface area contributed by atoms with Gasteiger partial charge in [-0.1, -0.05) is 0 Å². The zero-order valence-corrected chi connectivity index (χ0v) is 12.8. The molecule has 108 valence electrons. The molecule has 1 saturated carbocycles. The number of ether oxygens (including phenoxy) is 3. The third-order valence-corrected chi connectivity index (χ3v) is 6.55. The maximum absolute atomic E-state index is 6.25. The molecule has 3 saturated heterocycles. The maximum atomic E-state index is 6.25. The molecular formula is C16H26O3. The lowest BCUT2D eigenvalue weighted by atomic mass is 9.70. The predicted octanol–water partition coefficient (Wildman–Crippen LogP) is 3.20. The highest BCUT2D eigenvalue weighted by Gasteiger charge is 2.78. The molecule has 0 N–H and O–H groups in total. The fourth-order valence-corrected chi connectivity index (χ4v) is 4.45. The fourth-order valence-electron chi connectivity index (χ4n) is 4.45. The summed E-state index contributed by atoms with van der Waals surface area (Å²) in [5.74, 6) is 0. The Balaban J connectivity index is 1.39. The number of rotatable bonds is 3. The van der Waals surface area contributed by atoms with Crippen molar-refractivity contribution in [3.8, 4) is 0 Å². The van der Waals surface area contributed by atoms with Crippen LogP contribution in [0.1, 0.15) is 66.7 Å². The van der Waals surface area contributed by atoms with Crippen LogP contribution in [0.2, 0.25) is 0 Å². The van der Waals surface area contributed by atoms with E-state index in [1.807, 2.05) is 0 Å². The largest absolute Gasteiger partial charge is 0.367 e. The molecule has 3 aliphatic heterocycles. The van der Waals surface area contributed by atoms with Crippen molar-refractivity contribution in [3.63, 3.8) is 0 Å². The Labute approximate surface area is 116 Å². The van der Waals surface area contributed by atoms with Crippen molar-refractivity contribution in [1.82, 2.24) is 0 Å². The van der Waals surface area contributed by atoms with Gasteiger partial charge < -0.3 is 14.2 Å². The van der Waals surface area contributed by atoms with Crippen LogP contribution < -0.4 is 0 Å². The monoisotopic (exact) mass is 266 g/mol. The Morgan fingerprint density at radius 2 is 1.63 bits per heavy atom. The topological polar surface area (TPSA) is 37.6 Å². The van der Waals surface area contributed by atoms with Crippen molar-refractivity contribution in [2.45, 2.75) is 101 Å². The number of fused-ring (bicyclic) bond motifs is 1. The third-order valence-electron chi connectivity index (χ3n) is 6.55. The van der Waals surface area contributed by atoms with Gasteiger partial charge in [-0.25, -0.2) is 0 Å². The number of hydrogen-bond acceptors (Lipinski definition) is 3. The van der Waals surface area contributed by atoms with E-state index < -0.39 is 0 Å². The minimum atomic E-state index is 0.0608. The van der Waals surface area contributed by atoms with E-state index >= 15 is 0 Å². The Morgan fingerprint density at radius 1 is 0.947 bits per heavy atom. The van der Waals surface area contributed by atoms with Gasteiger partial charge in [-0.3, -0.25) is 0 Å². The first-order chi connectivity index (χ1) is 8.64. The molecule has 0 aromatic rings. The lowest BCUT2D eigenvalue weighted by Crippen LogP contribution is -2.38. The molecular weight excluding hydrogens is 240 g/mol. The summed E-state index contributed by atoms with van der Waals surface area (Å²) >= 11 is 0. The molecule has 0 radical (unpaired) electrons. The molecule has 4 fully saturated rings. The van der Waals surface area contributed by atoms with Gasteiger partial charge in [0.1, 0.15) is 5.60 Å². The molecule has 3 nitrogen and oxygen atoms in total. The summed E-state index contributed by atoms with van der Waals surface area (Å²) in [6.07, 6.45) is 6.05. The first-order valence-electron chi connectivity index (χ1n) is 7.72. The number of epoxide rings is 3. The molecule has 3 heterocycles. The highest BCUT2D eigenvalue weighted by Crippen LogP contribution is 2.69. The second-order valence-electron chi connectivity index (χ2n) is 8.32. The van der Waals surface area contributed by atoms with Gasteiger partial charge in [0.05, 0.1) is 28.5 Å². The summed E-state index contributed by atoms with van der Waals surface area (Å²) in [6, 6.07) is 0. The summed E-state index contributed by atoms with van der Waals surface area (Å²) in [6.45, 7) is 11.1. The van der Waals surface area contributed by atoms with Crippen LogP contribution in [0.3, 0.4) is 0 Å². The van der Waals surface area contributed by atoms with Gasteiger partial charge in [-0.05, 0) is 60.3 Å². The zero-order valence-electron chi connectivity index (χ0n) is 12.8. The van der Waals surface area contributed by atoms with Crippen LogP contribution in [0.5, 0.6) is 0 Å². The molecule has 0 aromatic heterocycles. The average Bonchev–Trinajstić information content (AvgIpc) is 3.16. The average molecular weight is 266 g/mol. The van der Waals surface area contributed by atoms with Crippen molar-refractivity contribution in [1.29, 1.82) is 0 Å². The van der Waals surface area contributed by atoms with Crippen LogP contribution in [-0.2, 0) is 14.2 Å². The van der Waals surface area contributed by atoms with Crippen LogP contribution in [-0.4, -0.2) is 34.1 Å². The Kier molecular flexibility index (Phi) is 2.02. The van der Waals surface area contributed by atoms with Crippen molar-refractivity contribution in [2.75, 3.05) is 0 Å². The number of hydrogen-bond donors (Lipinski definition) is 0. The van der Waals surface area contributed by atoms with Crippen molar-refractivity contribution in [2.24, 2.45) is 0 Å². The summed E-state index contributed by atoms with van der Waals surface area (Å²) < 4.78 is 17.9. The van der Waals surface area contributed by atoms with Gasteiger partial charge in [-0.15, -0.1) is 0 Å². The quantitative estimate of drug-likeness (QED) is 0.736. The van der Waals surface area contributed by atoms with Crippen LogP contribution in [0.25, 0.3) is 0 Å². The molecule has 4 aliphatic rings. The molecule has 1 spiro atoms. The van der Waals surface area contributed by atoms with Crippen molar-refractivity contribution in [3.05, 3.63) is 0 Å². The molecule has 19 heavy (non-hydrogen) atoms. The van der Waals surface area contributed by atoms with Crippen molar-refractivity contribution >= 4 is 0 Å². The van der Waals surface area contributed by atoms with E-state index in [0.717, 1.165) is 32.1 Å². The van der Waals surface area contributed by atoms with Gasteiger partial charge >= 0.3 is 0 Å². The molecule has 4 rings (SSSR count). The predicted molar refractivity (Wildman–Crippen MR) is 72.2 cm³/mol. The summed E-state index contributed by atoms with van der Waals surface area (Å²) in [7, 11) is 0. The van der Waals surface area contributed by atoms with E-state index in [4.69, 9.17) is 14.2 Å². The first kappa shape index (κ1) is 12.6. The molecule has 0 amide bonds. The molecule has 0 bridgehead atoms. The van der Waals surface area contributed by atoms with Gasteiger partial charge in [0.15, 0.2) is 0 Å². The van der Waals surface area contributed by atoms with E-state index in [1.54, 1.807) is 0 Å². The molecule has 1 aliphatic carbocycles. The van der Waals surface area contributed by atoms with Crippen molar-refractivity contribution < 1.29 is 14.2 Å². The molecule has 5 unspecified atom stereocenters. The maximum Gasteiger partial charge on any atom is 0.101 e. The lowest BCUT2D eigenvalue weighted by molar-refractivity contribution is 0.200. The highest BCUT2D eigenvalue weighted by molar-refractivity contribution is 5.26. The SMILES string of the molecule is CC1(C)OC1CCC1(C)OC12CCC1(C)OC1(C)C2. The summed E-state index contributed by atoms with van der Waals surface area (Å²) in [5.41, 5.74) is 0.461. The van der Waals surface area contributed by atoms with Crippen LogP contribution in [0.15, 0.2) is 0 Å². The normalized spacial score (nSPS) is 60.8. The standard InChI is InChI=1S/C16H26O3/c1-12(2)11(17-12)6-7-14(4)16(19-14)9-8-13(3)15(5,10-16)18-13/h11H,6-10H2,1-5H3. The van der Waals surface area contributed by atoms with E-state index in [0.29, 0.717) is 6.10 Å². The Hall–Kier alpha value is -0.120. The molecule has 0 aromatic carbocycles. The van der Waals surface area contributed by atoms with Crippen LogP contribution in [0, 0.1) is 0 Å². The first-order valence-corrected chi connectivity index (χ1v) is 7.72. The fraction of sp³-hybridized carbons (Fsp3) is 1.00. The van der Waals surface area contributed by atoms with Crippen LogP contribution >= 0.6 is 0 Å². The molecule has 5 atom stereocenters. The third kappa shape index (κ3) is 1.55. The van der Waals surface area contributed by atoms with E-state index in [9.17, 15) is 0 Å². The van der Waals surface area contributed by atoms with Gasteiger partial charge in [0.25, 0.3) is 0 Å². The Morgan fingerprint density at radius 3 is 2.21 bits per heavy atom. The smallest absolute Gasteiger partial charge is 0.101 e. The lowest BCUT2D eigenvalue weighted by Gasteiger charge is -2.27. The van der Waals surface area contributed by atoms with Gasteiger partial charge in [-0.2, -0.15) is 0 Å². The summed E-state index contributed by atoms with van der Waals surface area (Å²) in [4.78, 5) is 0. The van der Waals surface area contributed by atoms with Gasteiger partial charge in [0.2, 0.25) is 0 Å². The summed E-state index contributed by atoms with van der Waals surface area (Å²) in [5, 5.41) is 0. The highest BCUT2D eigenvalue weighted by atomic mass is 16.7. The van der Waals surface area contributed by atoms with E-state index in [1.165, 1.54) is 0 Å². The van der Waals surface area contributed by atoms with Gasteiger partial charge in [0, 0.05) is 6.42 Å². The minimum Gasteiger partial charge on any atom is -0.367 e. The van der Waals surface area contributed by atoms with E-state index in [-0.39, 0.29) is 28.0 Å². The minimum absolute atomic E-state index is 0.0608. The molecule has 3 heteroatoms.